The molecule has 2 aromatic rings. The summed E-state index contributed by atoms with van der Waals surface area (Å²) in [5.74, 6) is 0. The van der Waals surface area contributed by atoms with Gasteiger partial charge >= 0.3 is 6.03 Å². The Hall–Kier alpha value is -2.07. The largest absolute Gasteiger partial charge is 0.335 e. The smallest absolute Gasteiger partial charge is 0.319 e. The van der Waals surface area contributed by atoms with Gasteiger partial charge in [0.1, 0.15) is 0 Å². The molecule has 2 atom stereocenters. The van der Waals surface area contributed by atoms with E-state index in [0.717, 1.165) is 22.9 Å². The highest BCUT2D eigenvalue weighted by Gasteiger charge is 2.10. The van der Waals surface area contributed by atoms with E-state index in [0.29, 0.717) is 0 Å². The first-order valence-corrected chi connectivity index (χ1v) is 6.87. The van der Waals surface area contributed by atoms with Gasteiger partial charge < -0.3 is 16.4 Å². The minimum atomic E-state index is -0.200. The molecule has 0 fully saturated rings. The molecule has 2 unspecified atom stereocenters. The predicted octanol–water partition coefficient (Wildman–Crippen LogP) is 3.09. The lowest BCUT2D eigenvalue weighted by atomic mass is 10.1. The predicted molar refractivity (Wildman–Crippen MR) is 83.8 cm³/mol. The first-order valence-electron chi connectivity index (χ1n) is 6.87. The highest BCUT2D eigenvalue weighted by molar-refractivity contribution is 6.01. The normalized spacial score (nSPS) is 13.8. The molecule has 4 nitrogen and oxygen atoms in total. The van der Waals surface area contributed by atoms with E-state index < -0.39 is 0 Å². The molecular weight excluding hydrogens is 250 g/mol. The molecule has 4 N–H and O–H groups in total. The Morgan fingerprint density at radius 3 is 2.60 bits per heavy atom. The average Bonchev–Trinajstić information content (AvgIpc) is 2.38. The maximum atomic E-state index is 12.0. The molecule has 0 bridgehead atoms. The van der Waals surface area contributed by atoms with E-state index in [4.69, 9.17) is 5.73 Å². The number of urea groups is 1. The van der Waals surface area contributed by atoms with E-state index in [2.05, 4.69) is 10.6 Å². The molecule has 0 heterocycles. The summed E-state index contributed by atoms with van der Waals surface area (Å²) < 4.78 is 0. The van der Waals surface area contributed by atoms with Gasteiger partial charge in [0.05, 0.1) is 5.69 Å². The van der Waals surface area contributed by atoms with Gasteiger partial charge in [0.25, 0.3) is 0 Å². The lowest BCUT2D eigenvalue weighted by Crippen LogP contribution is -2.39. The van der Waals surface area contributed by atoms with Crippen molar-refractivity contribution in [3.8, 4) is 0 Å². The van der Waals surface area contributed by atoms with E-state index in [1.54, 1.807) is 0 Å². The highest BCUT2D eigenvalue weighted by Crippen LogP contribution is 2.22. The molecule has 0 aromatic heterocycles. The second-order valence-electron chi connectivity index (χ2n) is 5.24. The van der Waals surface area contributed by atoms with Crippen molar-refractivity contribution in [3.63, 3.8) is 0 Å². The van der Waals surface area contributed by atoms with Crippen LogP contribution in [0.3, 0.4) is 0 Å². The Morgan fingerprint density at radius 2 is 1.85 bits per heavy atom. The molecule has 4 heteroatoms. The first kappa shape index (κ1) is 14.3. The Labute approximate surface area is 119 Å². The fraction of sp³-hybridized carbons (Fsp3) is 0.312. The fourth-order valence-corrected chi connectivity index (χ4v) is 2.33. The number of nitrogens with two attached hydrogens (primary N) is 1. The van der Waals surface area contributed by atoms with Crippen molar-refractivity contribution in [1.82, 2.24) is 5.32 Å². The van der Waals surface area contributed by atoms with Gasteiger partial charge in [-0.3, -0.25) is 0 Å². The third-order valence-corrected chi connectivity index (χ3v) is 3.14. The monoisotopic (exact) mass is 271 g/mol. The van der Waals surface area contributed by atoms with Gasteiger partial charge in [-0.05, 0) is 31.7 Å². The molecule has 0 radical (unpaired) electrons. The quantitative estimate of drug-likeness (QED) is 0.800. The summed E-state index contributed by atoms with van der Waals surface area (Å²) in [5.41, 5.74) is 6.54. The summed E-state index contributed by atoms with van der Waals surface area (Å²) in [6.45, 7) is 3.88. The second kappa shape index (κ2) is 6.39. The van der Waals surface area contributed by atoms with Crippen molar-refractivity contribution >= 4 is 22.5 Å². The molecule has 0 spiro atoms. The molecular formula is C16H21N3O. The van der Waals surface area contributed by atoms with Gasteiger partial charge in [-0.25, -0.2) is 4.79 Å². The summed E-state index contributed by atoms with van der Waals surface area (Å²) in [7, 11) is 0. The summed E-state index contributed by atoms with van der Waals surface area (Å²) in [5, 5.41) is 7.93. The summed E-state index contributed by atoms with van der Waals surface area (Å²) in [6, 6.07) is 13.7. The molecule has 0 saturated heterocycles. The van der Waals surface area contributed by atoms with Crippen LogP contribution in [0.25, 0.3) is 10.8 Å². The van der Waals surface area contributed by atoms with Crippen LogP contribution in [-0.4, -0.2) is 18.1 Å². The van der Waals surface area contributed by atoms with Crippen LogP contribution >= 0.6 is 0 Å². The molecule has 20 heavy (non-hydrogen) atoms. The van der Waals surface area contributed by atoms with E-state index in [1.807, 2.05) is 56.3 Å². The van der Waals surface area contributed by atoms with Crippen LogP contribution in [0.15, 0.2) is 42.5 Å². The number of fused-ring (bicyclic) bond motifs is 1. The van der Waals surface area contributed by atoms with Crippen LogP contribution in [-0.2, 0) is 0 Å². The van der Waals surface area contributed by atoms with Crippen LogP contribution < -0.4 is 16.4 Å². The number of carbonyl (C=O) groups is 1. The zero-order valence-electron chi connectivity index (χ0n) is 11.9. The highest BCUT2D eigenvalue weighted by atomic mass is 16.2. The number of nitrogens with one attached hydrogen (secondary N) is 2. The van der Waals surface area contributed by atoms with Gasteiger partial charge in [-0.1, -0.05) is 36.4 Å². The molecule has 2 amide bonds. The number of anilines is 1. The van der Waals surface area contributed by atoms with Gasteiger partial charge in [-0.15, -0.1) is 0 Å². The Kier molecular flexibility index (Phi) is 4.58. The zero-order chi connectivity index (χ0) is 14.5. The third-order valence-electron chi connectivity index (χ3n) is 3.14. The molecule has 2 aromatic carbocycles. The topological polar surface area (TPSA) is 67.1 Å². The third kappa shape index (κ3) is 3.71. The number of carbonyl (C=O) groups excluding carboxylic acids is 1. The molecule has 0 aliphatic rings. The number of rotatable bonds is 4. The maximum Gasteiger partial charge on any atom is 0.319 e. The Balaban J connectivity index is 2.06. The van der Waals surface area contributed by atoms with E-state index >= 15 is 0 Å². The first-order chi connectivity index (χ1) is 9.56. The number of amides is 2. The number of hydrogen-bond acceptors (Lipinski definition) is 2. The summed E-state index contributed by atoms with van der Waals surface area (Å²) in [4.78, 5) is 12.0. The van der Waals surface area contributed by atoms with Gasteiger partial charge in [-0.2, -0.15) is 0 Å². The van der Waals surface area contributed by atoms with Crippen molar-refractivity contribution in [2.24, 2.45) is 5.73 Å². The van der Waals surface area contributed by atoms with Crippen molar-refractivity contribution in [2.45, 2.75) is 32.4 Å². The van der Waals surface area contributed by atoms with Gasteiger partial charge in [0.2, 0.25) is 0 Å². The summed E-state index contributed by atoms with van der Waals surface area (Å²) in [6.07, 6.45) is 0.753. The van der Waals surface area contributed by atoms with Crippen molar-refractivity contribution in [3.05, 3.63) is 42.5 Å². The second-order valence-corrected chi connectivity index (χ2v) is 5.24. The molecule has 2 rings (SSSR count). The van der Waals surface area contributed by atoms with Crippen LogP contribution in [0.1, 0.15) is 20.3 Å². The van der Waals surface area contributed by atoms with Crippen LogP contribution in [0.4, 0.5) is 10.5 Å². The van der Waals surface area contributed by atoms with Crippen LogP contribution in [0.2, 0.25) is 0 Å². The lowest BCUT2D eigenvalue weighted by Gasteiger charge is -2.17. The minimum Gasteiger partial charge on any atom is -0.335 e. The lowest BCUT2D eigenvalue weighted by molar-refractivity contribution is 0.248. The Bertz CT molecular complexity index is 590. The van der Waals surface area contributed by atoms with E-state index in [9.17, 15) is 4.79 Å². The minimum absolute atomic E-state index is 0.0463. The molecule has 0 saturated carbocycles. The van der Waals surface area contributed by atoms with Crippen molar-refractivity contribution < 1.29 is 4.79 Å². The summed E-state index contributed by atoms with van der Waals surface area (Å²) >= 11 is 0. The zero-order valence-corrected chi connectivity index (χ0v) is 11.9. The maximum absolute atomic E-state index is 12.0. The molecule has 106 valence electrons. The van der Waals surface area contributed by atoms with Crippen molar-refractivity contribution in [1.29, 1.82) is 0 Å². The van der Waals surface area contributed by atoms with Crippen LogP contribution in [0, 0.1) is 0 Å². The number of benzene rings is 2. The molecule has 0 aliphatic heterocycles. The SMILES string of the molecule is CC(N)CC(C)NC(=O)Nc1cccc2ccccc12. The van der Waals surface area contributed by atoms with Crippen molar-refractivity contribution in [2.75, 3.05) is 5.32 Å². The fourth-order valence-electron chi connectivity index (χ4n) is 2.33. The average molecular weight is 271 g/mol. The Morgan fingerprint density at radius 1 is 1.15 bits per heavy atom. The van der Waals surface area contributed by atoms with E-state index in [1.165, 1.54) is 0 Å². The van der Waals surface area contributed by atoms with Crippen LogP contribution in [0.5, 0.6) is 0 Å². The molecule has 0 aliphatic carbocycles. The number of hydrogen-bond donors (Lipinski definition) is 3. The van der Waals surface area contributed by atoms with E-state index in [-0.39, 0.29) is 18.1 Å². The standard InChI is InChI=1S/C16H21N3O/c1-11(17)10-12(2)18-16(20)19-15-9-5-7-13-6-3-4-8-14(13)15/h3-9,11-12H,10,17H2,1-2H3,(H2,18,19,20). The van der Waals surface area contributed by atoms with Gasteiger partial charge in [0.15, 0.2) is 0 Å². The van der Waals surface area contributed by atoms with Gasteiger partial charge in [0, 0.05) is 17.5 Å².